The molecule has 3 atom stereocenters. The predicted molar refractivity (Wildman–Crippen MR) is 98.4 cm³/mol. The van der Waals surface area contributed by atoms with Crippen molar-refractivity contribution in [2.24, 2.45) is 5.73 Å². The van der Waals surface area contributed by atoms with Crippen molar-refractivity contribution in [1.29, 1.82) is 0 Å². The lowest BCUT2D eigenvalue weighted by molar-refractivity contribution is -0.142. The van der Waals surface area contributed by atoms with E-state index < -0.39 is 24.0 Å². The quantitative estimate of drug-likeness (QED) is 0.295. The van der Waals surface area contributed by atoms with E-state index in [0.29, 0.717) is 31.6 Å². The van der Waals surface area contributed by atoms with Gasteiger partial charge in [-0.05, 0) is 63.6 Å². The minimum Gasteiger partial charge on any atom is -0.480 e. The number of hydrogen-bond acceptors (Lipinski definition) is 6. The molecule has 0 bridgehead atoms. The average molecular weight is 375 g/mol. The summed E-state index contributed by atoms with van der Waals surface area (Å²) in [6.45, 7) is 1.30. The van der Waals surface area contributed by atoms with Crippen molar-refractivity contribution in [3.8, 4) is 0 Å². The number of thioether (sulfide) groups is 1. The average Bonchev–Trinajstić information content (AvgIpc) is 3.12. The van der Waals surface area contributed by atoms with Crippen LogP contribution in [-0.4, -0.2) is 66.1 Å². The van der Waals surface area contributed by atoms with Crippen molar-refractivity contribution >= 4 is 29.5 Å². The summed E-state index contributed by atoms with van der Waals surface area (Å²) in [5.74, 6) is -1.09. The fourth-order valence-electron chi connectivity index (χ4n) is 2.71. The van der Waals surface area contributed by atoms with Gasteiger partial charge in [-0.15, -0.1) is 0 Å². The lowest BCUT2D eigenvalue weighted by atomic mass is 10.1. The van der Waals surface area contributed by atoms with Gasteiger partial charge in [0.15, 0.2) is 0 Å². The first-order valence-corrected chi connectivity index (χ1v) is 10.1. The lowest BCUT2D eigenvalue weighted by Crippen LogP contribution is -2.54. The Bertz CT molecular complexity index is 444. The Morgan fingerprint density at radius 1 is 1.24 bits per heavy atom. The Morgan fingerprint density at radius 3 is 2.56 bits per heavy atom. The largest absolute Gasteiger partial charge is 0.480 e. The summed E-state index contributed by atoms with van der Waals surface area (Å²) in [6, 6.07) is -1.97. The number of amides is 2. The molecule has 0 aromatic rings. The molecule has 8 nitrogen and oxygen atoms in total. The summed E-state index contributed by atoms with van der Waals surface area (Å²) < 4.78 is 0. The highest BCUT2D eigenvalue weighted by Gasteiger charge is 2.29. The standard InChI is InChI=1S/C16H30N4O4S/c1-25-10-7-13(16(23)24)20-15(22)12(5-2-3-8-17)19-14(21)11-6-4-9-18-11/h11-13,18H,2-10,17H2,1H3,(H,19,21)(H,20,22)(H,23,24)/t11-,12-,13-/m0/s1. The molecule has 9 heteroatoms. The minimum atomic E-state index is -1.06. The van der Waals surface area contributed by atoms with E-state index in [2.05, 4.69) is 16.0 Å². The summed E-state index contributed by atoms with van der Waals surface area (Å²) in [6.07, 6.45) is 5.77. The molecular weight excluding hydrogens is 344 g/mol. The molecular formula is C16H30N4O4S. The van der Waals surface area contributed by atoms with Crippen molar-refractivity contribution in [3.63, 3.8) is 0 Å². The highest BCUT2D eigenvalue weighted by molar-refractivity contribution is 7.98. The van der Waals surface area contributed by atoms with Crippen LogP contribution in [0.3, 0.4) is 0 Å². The summed E-state index contributed by atoms with van der Waals surface area (Å²) in [4.78, 5) is 36.1. The molecule has 0 aromatic heterocycles. The van der Waals surface area contributed by atoms with Crippen molar-refractivity contribution in [2.45, 2.75) is 56.7 Å². The molecule has 6 N–H and O–H groups in total. The molecule has 144 valence electrons. The van der Waals surface area contributed by atoms with Crippen LogP contribution in [0.4, 0.5) is 0 Å². The molecule has 1 rings (SSSR count). The number of aliphatic carboxylic acids is 1. The van der Waals surface area contributed by atoms with Crippen molar-refractivity contribution in [1.82, 2.24) is 16.0 Å². The van der Waals surface area contributed by atoms with Gasteiger partial charge in [-0.2, -0.15) is 11.8 Å². The maximum Gasteiger partial charge on any atom is 0.326 e. The third-order valence-electron chi connectivity index (χ3n) is 4.18. The third-order valence-corrected chi connectivity index (χ3v) is 4.83. The molecule has 0 radical (unpaired) electrons. The monoisotopic (exact) mass is 374 g/mol. The Hall–Kier alpha value is -1.32. The van der Waals surface area contributed by atoms with Crippen LogP contribution in [0.5, 0.6) is 0 Å². The second kappa shape index (κ2) is 12.1. The van der Waals surface area contributed by atoms with Gasteiger partial charge in [-0.3, -0.25) is 9.59 Å². The molecule has 1 aliphatic heterocycles. The molecule has 0 aromatic carbocycles. The lowest BCUT2D eigenvalue weighted by Gasteiger charge is -2.23. The van der Waals surface area contributed by atoms with Crippen LogP contribution < -0.4 is 21.7 Å². The number of rotatable bonds is 12. The zero-order valence-electron chi connectivity index (χ0n) is 14.8. The van der Waals surface area contributed by atoms with Gasteiger partial charge in [-0.1, -0.05) is 0 Å². The van der Waals surface area contributed by atoms with E-state index >= 15 is 0 Å². The number of carbonyl (C=O) groups excluding carboxylic acids is 2. The fraction of sp³-hybridized carbons (Fsp3) is 0.812. The van der Waals surface area contributed by atoms with Crippen LogP contribution in [0.2, 0.25) is 0 Å². The molecule has 1 heterocycles. The minimum absolute atomic E-state index is 0.207. The highest BCUT2D eigenvalue weighted by Crippen LogP contribution is 2.08. The van der Waals surface area contributed by atoms with Crippen LogP contribution in [0.1, 0.15) is 38.5 Å². The zero-order chi connectivity index (χ0) is 18.7. The van der Waals surface area contributed by atoms with Gasteiger partial charge in [0.1, 0.15) is 12.1 Å². The Labute approximate surface area is 153 Å². The molecule has 2 amide bonds. The summed E-state index contributed by atoms with van der Waals surface area (Å²) >= 11 is 1.52. The van der Waals surface area contributed by atoms with Gasteiger partial charge in [0.2, 0.25) is 11.8 Å². The second-order valence-corrected chi connectivity index (χ2v) is 7.16. The van der Waals surface area contributed by atoms with Crippen molar-refractivity contribution < 1.29 is 19.5 Å². The number of carboxylic acids is 1. The van der Waals surface area contributed by atoms with E-state index in [0.717, 1.165) is 25.8 Å². The predicted octanol–water partition coefficient (Wildman–Crippen LogP) is -0.325. The first-order valence-electron chi connectivity index (χ1n) is 8.75. The van der Waals surface area contributed by atoms with Crippen molar-refractivity contribution in [2.75, 3.05) is 25.1 Å². The number of carbonyl (C=O) groups is 3. The highest BCUT2D eigenvalue weighted by atomic mass is 32.2. The molecule has 1 fully saturated rings. The first-order chi connectivity index (χ1) is 12.0. The van der Waals surface area contributed by atoms with Crippen molar-refractivity contribution in [3.05, 3.63) is 0 Å². The van der Waals surface area contributed by atoms with Crippen LogP contribution in [0.25, 0.3) is 0 Å². The van der Waals surface area contributed by atoms with Gasteiger partial charge in [-0.25, -0.2) is 4.79 Å². The van der Waals surface area contributed by atoms with Gasteiger partial charge in [0.25, 0.3) is 0 Å². The third kappa shape index (κ3) is 8.06. The summed E-state index contributed by atoms with van der Waals surface area (Å²) in [5, 5.41) is 17.7. The Morgan fingerprint density at radius 2 is 2.00 bits per heavy atom. The number of unbranched alkanes of at least 4 members (excludes halogenated alkanes) is 1. The molecule has 25 heavy (non-hydrogen) atoms. The first kappa shape index (κ1) is 21.7. The topological polar surface area (TPSA) is 134 Å². The smallest absolute Gasteiger partial charge is 0.326 e. The van der Waals surface area contributed by atoms with E-state index in [-0.39, 0.29) is 11.9 Å². The van der Waals surface area contributed by atoms with Crippen LogP contribution in [-0.2, 0) is 14.4 Å². The van der Waals surface area contributed by atoms with E-state index in [4.69, 9.17) is 5.73 Å². The molecule has 0 spiro atoms. The maximum absolute atomic E-state index is 12.5. The van der Waals surface area contributed by atoms with E-state index in [9.17, 15) is 19.5 Å². The number of nitrogens with one attached hydrogen (secondary N) is 3. The van der Waals surface area contributed by atoms with Gasteiger partial charge in [0.05, 0.1) is 6.04 Å². The molecule has 0 aliphatic carbocycles. The molecule has 0 unspecified atom stereocenters. The second-order valence-electron chi connectivity index (χ2n) is 6.18. The fourth-order valence-corrected chi connectivity index (χ4v) is 3.18. The number of nitrogens with two attached hydrogens (primary N) is 1. The van der Waals surface area contributed by atoms with Gasteiger partial charge >= 0.3 is 5.97 Å². The molecule has 1 saturated heterocycles. The molecule has 0 saturated carbocycles. The number of hydrogen-bond donors (Lipinski definition) is 5. The van der Waals surface area contributed by atoms with E-state index in [1.54, 1.807) is 0 Å². The maximum atomic E-state index is 12.5. The summed E-state index contributed by atoms with van der Waals surface area (Å²) in [5.41, 5.74) is 5.49. The van der Waals surface area contributed by atoms with Crippen LogP contribution in [0.15, 0.2) is 0 Å². The molecule has 1 aliphatic rings. The normalized spacial score (nSPS) is 19.2. The number of carboxylic acid groups (broad SMARTS) is 1. The van der Waals surface area contributed by atoms with E-state index in [1.165, 1.54) is 11.8 Å². The Balaban J connectivity index is 2.65. The Kier molecular flexibility index (Phi) is 10.5. The van der Waals surface area contributed by atoms with E-state index in [1.807, 2.05) is 6.26 Å². The van der Waals surface area contributed by atoms with Gasteiger partial charge in [0, 0.05) is 0 Å². The SMILES string of the molecule is CSCC[C@H](NC(=O)[C@H](CCCCN)NC(=O)[C@@H]1CCCN1)C(=O)O. The van der Waals surface area contributed by atoms with Gasteiger partial charge < -0.3 is 26.8 Å². The summed E-state index contributed by atoms with van der Waals surface area (Å²) in [7, 11) is 0. The van der Waals surface area contributed by atoms with Crippen LogP contribution in [0, 0.1) is 0 Å². The zero-order valence-corrected chi connectivity index (χ0v) is 15.6. The van der Waals surface area contributed by atoms with Crippen LogP contribution >= 0.6 is 11.8 Å².